The molecule has 1 unspecified atom stereocenters. The van der Waals surface area contributed by atoms with Crippen LogP contribution in [0.4, 0.5) is 20.4 Å². The molecule has 0 radical (unpaired) electrons. The Morgan fingerprint density at radius 1 is 1.55 bits per heavy atom. The number of methoxy groups -OCH3 is 1. The number of H-pyrrole nitrogens is 1. The molecular weight excluding hydrogens is 380 g/mol. The normalized spacial score (nSPS) is 15.5. The first-order valence-electron chi connectivity index (χ1n) is 9.31. The third-order valence-electron chi connectivity index (χ3n) is 5.04. The minimum Gasteiger partial charge on any atom is -0.469 e. The second-order valence-electron chi connectivity index (χ2n) is 6.97. The van der Waals surface area contributed by atoms with Gasteiger partial charge >= 0.3 is 5.97 Å². The summed E-state index contributed by atoms with van der Waals surface area (Å²) in [6.45, 7) is 4.76. The van der Waals surface area contributed by atoms with E-state index in [2.05, 4.69) is 32.0 Å². The van der Waals surface area contributed by atoms with Gasteiger partial charge in [-0.2, -0.15) is 0 Å². The molecule has 0 saturated heterocycles. The molecule has 0 bridgehead atoms. The van der Waals surface area contributed by atoms with Crippen molar-refractivity contribution < 1.29 is 18.3 Å². The largest absolute Gasteiger partial charge is 0.469 e. The molecule has 1 fully saturated rings. The monoisotopic (exact) mass is 403 g/mol. The summed E-state index contributed by atoms with van der Waals surface area (Å²) < 4.78 is 32.7. The number of esters is 1. The van der Waals surface area contributed by atoms with Crippen molar-refractivity contribution in [2.24, 2.45) is 10.9 Å². The van der Waals surface area contributed by atoms with Crippen molar-refractivity contribution in [3.05, 3.63) is 29.6 Å². The van der Waals surface area contributed by atoms with Crippen LogP contribution in [0, 0.1) is 11.7 Å². The number of nitrogens with one attached hydrogen (secondary N) is 2. The first-order chi connectivity index (χ1) is 13.9. The Labute approximate surface area is 167 Å². The summed E-state index contributed by atoms with van der Waals surface area (Å²) in [7, 11) is 1.32. The smallest absolute Gasteiger partial charge is 0.307 e. The van der Waals surface area contributed by atoms with Crippen LogP contribution < -0.4 is 5.32 Å². The number of rotatable bonds is 8. The third kappa shape index (κ3) is 4.67. The minimum absolute atomic E-state index is 0.0167. The van der Waals surface area contributed by atoms with Gasteiger partial charge in [-0.05, 0) is 38.5 Å². The summed E-state index contributed by atoms with van der Waals surface area (Å²) in [5, 5.41) is 3.04. The maximum Gasteiger partial charge on any atom is 0.307 e. The molecule has 1 saturated carbocycles. The van der Waals surface area contributed by atoms with Gasteiger partial charge in [0.2, 0.25) is 0 Å². The Balaban J connectivity index is 1.94. The molecule has 1 atom stereocenters. The number of carbonyl (C=O) groups excluding carboxylic acids is 1. The number of ether oxygens (including phenoxy) is 1. The number of aromatic amines is 1. The molecule has 1 aliphatic rings. The maximum atomic E-state index is 14.4. The standard InChI is InChI=1S/C20H23F2N5O2/c1-11(21)7-13-14(9-24-18(13)23-2)19-25-10-15(22)20(27-19)26-16(8-17(28)29-3)12-5-4-6-12/h7,9-10,12,16,24H,2,4-6,8H2,1,3H3,(H,25,26,27)/b11-7+. The van der Waals surface area contributed by atoms with Crippen LogP contribution in [0.3, 0.4) is 0 Å². The topological polar surface area (TPSA) is 92.3 Å². The van der Waals surface area contributed by atoms with E-state index >= 15 is 0 Å². The minimum atomic E-state index is -0.640. The first-order valence-corrected chi connectivity index (χ1v) is 9.31. The predicted octanol–water partition coefficient (Wildman–Crippen LogP) is 4.42. The quantitative estimate of drug-likeness (QED) is 0.503. The lowest BCUT2D eigenvalue weighted by Gasteiger charge is -2.34. The average Bonchev–Trinajstić information content (AvgIpc) is 3.03. The van der Waals surface area contributed by atoms with Crippen LogP contribution in [0.15, 0.2) is 23.2 Å². The molecule has 154 valence electrons. The fourth-order valence-electron chi connectivity index (χ4n) is 3.30. The average molecular weight is 403 g/mol. The van der Waals surface area contributed by atoms with E-state index in [1.54, 1.807) is 6.20 Å². The third-order valence-corrected chi connectivity index (χ3v) is 5.04. The van der Waals surface area contributed by atoms with Gasteiger partial charge in [0.15, 0.2) is 17.5 Å². The maximum absolute atomic E-state index is 14.4. The molecule has 0 aromatic carbocycles. The Bertz CT molecular complexity index is 933. The molecule has 29 heavy (non-hydrogen) atoms. The molecular formula is C20H23F2N5O2. The van der Waals surface area contributed by atoms with Crippen molar-refractivity contribution in [2.45, 2.75) is 38.6 Å². The SMILES string of the molecule is C=Nc1[nH]cc(-c2ncc(F)c(NC(CC(=O)OC)C3CCC3)n2)c1/C=C(\C)F. The van der Waals surface area contributed by atoms with Gasteiger partial charge < -0.3 is 15.0 Å². The number of aliphatic imine (C=N–C) groups is 1. The fraction of sp³-hybridized carbons (Fsp3) is 0.400. The summed E-state index contributed by atoms with van der Waals surface area (Å²) >= 11 is 0. The van der Waals surface area contributed by atoms with Crippen LogP contribution in [0.2, 0.25) is 0 Å². The number of hydrogen-bond acceptors (Lipinski definition) is 6. The molecule has 3 rings (SSSR count). The summed E-state index contributed by atoms with van der Waals surface area (Å²) in [5.74, 6) is -0.670. The van der Waals surface area contributed by atoms with Gasteiger partial charge in [0.25, 0.3) is 0 Å². The number of halogens is 2. The second kappa shape index (κ2) is 8.93. The molecule has 2 heterocycles. The Morgan fingerprint density at radius 3 is 2.90 bits per heavy atom. The predicted molar refractivity (Wildman–Crippen MR) is 107 cm³/mol. The molecule has 9 heteroatoms. The lowest BCUT2D eigenvalue weighted by Crippen LogP contribution is -2.36. The molecule has 2 aromatic heterocycles. The van der Waals surface area contributed by atoms with Crippen molar-refractivity contribution in [1.29, 1.82) is 0 Å². The second-order valence-corrected chi connectivity index (χ2v) is 6.97. The van der Waals surface area contributed by atoms with Gasteiger partial charge in [-0.15, -0.1) is 0 Å². The highest BCUT2D eigenvalue weighted by Crippen LogP contribution is 2.34. The molecule has 7 nitrogen and oxygen atoms in total. The van der Waals surface area contributed by atoms with Crippen molar-refractivity contribution in [1.82, 2.24) is 15.0 Å². The van der Waals surface area contributed by atoms with Crippen molar-refractivity contribution >= 4 is 30.4 Å². The Hall–Kier alpha value is -3.10. The number of carbonyl (C=O) groups is 1. The lowest BCUT2D eigenvalue weighted by molar-refractivity contribution is -0.141. The number of aromatic nitrogens is 3. The fourth-order valence-corrected chi connectivity index (χ4v) is 3.30. The molecule has 1 aliphatic carbocycles. The highest BCUT2D eigenvalue weighted by molar-refractivity contribution is 5.79. The van der Waals surface area contributed by atoms with Crippen molar-refractivity contribution in [3.63, 3.8) is 0 Å². The van der Waals surface area contributed by atoms with E-state index in [1.165, 1.54) is 20.1 Å². The zero-order chi connectivity index (χ0) is 21.0. The highest BCUT2D eigenvalue weighted by Gasteiger charge is 2.30. The summed E-state index contributed by atoms with van der Waals surface area (Å²) in [6, 6.07) is -0.294. The van der Waals surface area contributed by atoms with Gasteiger partial charge in [0.05, 0.1) is 25.6 Å². The van der Waals surface area contributed by atoms with E-state index < -0.39 is 11.6 Å². The molecule has 0 aliphatic heterocycles. The van der Waals surface area contributed by atoms with Gasteiger partial charge in [-0.1, -0.05) is 6.42 Å². The summed E-state index contributed by atoms with van der Waals surface area (Å²) in [5.41, 5.74) is 0.878. The number of hydrogen-bond donors (Lipinski definition) is 2. The van der Waals surface area contributed by atoms with Gasteiger partial charge in [0.1, 0.15) is 5.82 Å². The zero-order valence-electron chi connectivity index (χ0n) is 16.3. The number of nitrogens with zero attached hydrogens (tertiary/aromatic N) is 3. The van der Waals surface area contributed by atoms with Crippen LogP contribution in [-0.2, 0) is 9.53 Å². The van der Waals surface area contributed by atoms with Gasteiger partial charge in [-0.3, -0.25) is 4.79 Å². The van der Waals surface area contributed by atoms with E-state index in [9.17, 15) is 13.6 Å². The van der Waals surface area contributed by atoms with Crippen LogP contribution in [-0.4, -0.2) is 40.8 Å². The summed E-state index contributed by atoms with van der Waals surface area (Å²) in [4.78, 5) is 26.8. The van der Waals surface area contributed by atoms with Crippen LogP contribution in [0.25, 0.3) is 17.5 Å². The van der Waals surface area contributed by atoms with Crippen LogP contribution in [0.1, 0.15) is 38.2 Å². The van der Waals surface area contributed by atoms with Crippen LogP contribution in [0.5, 0.6) is 0 Å². The van der Waals surface area contributed by atoms with E-state index in [-0.39, 0.29) is 36.0 Å². The van der Waals surface area contributed by atoms with E-state index in [1.807, 2.05) is 0 Å². The summed E-state index contributed by atoms with van der Waals surface area (Å²) in [6.07, 6.45) is 6.97. The van der Waals surface area contributed by atoms with Gasteiger partial charge in [-0.25, -0.2) is 23.7 Å². The van der Waals surface area contributed by atoms with Crippen LogP contribution >= 0.6 is 0 Å². The molecule has 2 N–H and O–H groups in total. The number of anilines is 1. The first kappa shape index (κ1) is 20.6. The number of allylic oxidation sites excluding steroid dienone is 1. The van der Waals surface area contributed by atoms with Crippen molar-refractivity contribution in [3.8, 4) is 11.4 Å². The van der Waals surface area contributed by atoms with E-state index in [4.69, 9.17) is 4.74 Å². The lowest BCUT2D eigenvalue weighted by atomic mass is 9.78. The van der Waals surface area contributed by atoms with E-state index in [0.29, 0.717) is 16.9 Å². The van der Waals surface area contributed by atoms with Gasteiger partial charge in [0, 0.05) is 23.4 Å². The van der Waals surface area contributed by atoms with E-state index in [0.717, 1.165) is 25.5 Å². The zero-order valence-corrected chi connectivity index (χ0v) is 16.3. The van der Waals surface area contributed by atoms with Crippen molar-refractivity contribution in [2.75, 3.05) is 12.4 Å². The Kier molecular flexibility index (Phi) is 6.36. The molecule has 0 amide bonds. The Morgan fingerprint density at radius 2 is 2.31 bits per heavy atom. The molecule has 2 aromatic rings. The highest BCUT2D eigenvalue weighted by atomic mass is 19.1. The molecule has 0 spiro atoms.